The zero-order valence-electron chi connectivity index (χ0n) is 11.9. The predicted molar refractivity (Wildman–Crippen MR) is 81.9 cm³/mol. The zero-order valence-corrected chi connectivity index (χ0v) is 11.9. The average molecular weight is 300 g/mol. The number of nitrogens with one attached hydrogen (secondary N) is 2. The van der Waals surface area contributed by atoms with Gasteiger partial charge in [-0.3, -0.25) is 15.0 Å². The molecule has 2 aromatic carbocycles. The van der Waals surface area contributed by atoms with Gasteiger partial charge in [0.25, 0.3) is 11.5 Å². The van der Waals surface area contributed by atoms with Gasteiger partial charge >= 0.3 is 0 Å². The van der Waals surface area contributed by atoms with Crippen LogP contribution in [0.4, 0.5) is 8.78 Å². The Bertz CT molecular complexity index is 845. The van der Waals surface area contributed by atoms with Crippen LogP contribution in [0.25, 0.3) is 22.4 Å². The van der Waals surface area contributed by atoms with E-state index in [1.54, 1.807) is 6.07 Å². The smallest absolute Gasteiger partial charge is 0.272 e. The van der Waals surface area contributed by atoms with E-state index in [-0.39, 0.29) is 11.1 Å². The minimum atomic E-state index is -2.95. The lowest BCUT2D eigenvalue weighted by molar-refractivity contribution is 0.0175. The van der Waals surface area contributed by atoms with Gasteiger partial charge in [0.2, 0.25) is 0 Å². The van der Waals surface area contributed by atoms with E-state index < -0.39 is 5.92 Å². The van der Waals surface area contributed by atoms with Gasteiger partial charge in [0.05, 0.1) is 11.3 Å². The summed E-state index contributed by atoms with van der Waals surface area (Å²) < 4.78 is 27.0. The number of hydrogen-bond acceptors (Lipinski definition) is 1. The minimum Gasteiger partial charge on any atom is -0.297 e. The first-order valence-electron chi connectivity index (χ1n) is 6.81. The van der Waals surface area contributed by atoms with Crippen molar-refractivity contribution >= 4 is 0 Å². The summed E-state index contributed by atoms with van der Waals surface area (Å²) in [6.45, 7) is 0.839. The Kier molecular flexibility index (Phi) is 3.41. The highest BCUT2D eigenvalue weighted by Gasteiger charge is 2.25. The standard InChI is InChI=1S/C17H14F2N2O/c1-17(18,19)13-9-5-8-12(10-13)14-15(20-21-16(14)22)11-6-3-2-4-7-11/h2-10H,1H3,(H2,20,21,22). The summed E-state index contributed by atoms with van der Waals surface area (Å²) in [6, 6.07) is 15.1. The maximum Gasteiger partial charge on any atom is 0.272 e. The van der Waals surface area contributed by atoms with Crippen LogP contribution in [0.2, 0.25) is 0 Å². The molecule has 0 amide bonds. The number of alkyl halides is 2. The number of benzene rings is 2. The first-order chi connectivity index (χ1) is 10.5. The van der Waals surface area contributed by atoms with Gasteiger partial charge in [-0.05, 0) is 11.6 Å². The molecule has 0 atom stereocenters. The minimum absolute atomic E-state index is 0.121. The molecule has 3 aromatic rings. The lowest BCUT2D eigenvalue weighted by atomic mass is 9.98. The van der Waals surface area contributed by atoms with E-state index in [0.717, 1.165) is 12.5 Å². The van der Waals surface area contributed by atoms with Gasteiger partial charge in [-0.15, -0.1) is 0 Å². The van der Waals surface area contributed by atoms with Crippen LogP contribution in [0.5, 0.6) is 0 Å². The fourth-order valence-electron chi connectivity index (χ4n) is 2.40. The lowest BCUT2D eigenvalue weighted by Crippen LogP contribution is -2.08. The number of rotatable bonds is 3. The van der Waals surface area contributed by atoms with Gasteiger partial charge < -0.3 is 0 Å². The fraction of sp³-hybridized carbons (Fsp3) is 0.118. The van der Waals surface area contributed by atoms with E-state index in [9.17, 15) is 13.6 Å². The molecule has 5 heteroatoms. The van der Waals surface area contributed by atoms with Crippen molar-refractivity contribution in [1.82, 2.24) is 10.2 Å². The number of halogens is 2. The van der Waals surface area contributed by atoms with E-state index in [4.69, 9.17) is 0 Å². The van der Waals surface area contributed by atoms with Crippen molar-refractivity contribution in [3.63, 3.8) is 0 Å². The Balaban J connectivity index is 2.18. The lowest BCUT2D eigenvalue weighted by Gasteiger charge is -2.12. The normalized spacial score (nSPS) is 11.6. The first kappa shape index (κ1) is 14.3. The molecule has 0 unspecified atom stereocenters. The monoisotopic (exact) mass is 300 g/mol. The van der Waals surface area contributed by atoms with Gasteiger partial charge in [-0.2, -0.15) is 0 Å². The molecule has 3 rings (SSSR count). The van der Waals surface area contributed by atoms with Crippen LogP contribution >= 0.6 is 0 Å². The third kappa shape index (κ3) is 2.57. The number of H-pyrrole nitrogens is 2. The molecule has 0 spiro atoms. The molecule has 0 saturated heterocycles. The Morgan fingerprint density at radius 2 is 1.59 bits per heavy atom. The third-order valence-electron chi connectivity index (χ3n) is 3.50. The van der Waals surface area contributed by atoms with Crippen molar-refractivity contribution < 1.29 is 8.78 Å². The van der Waals surface area contributed by atoms with Crippen molar-refractivity contribution in [3.8, 4) is 22.4 Å². The second-order valence-corrected chi connectivity index (χ2v) is 5.16. The van der Waals surface area contributed by atoms with Gasteiger partial charge in [0, 0.05) is 18.1 Å². The molecule has 112 valence electrons. The van der Waals surface area contributed by atoms with E-state index in [2.05, 4.69) is 10.2 Å². The van der Waals surface area contributed by atoms with Crippen LogP contribution in [0.3, 0.4) is 0 Å². The quantitative estimate of drug-likeness (QED) is 0.750. The Morgan fingerprint density at radius 3 is 2.27 bits per heavy atom. The Labute approximate surface area is 125 Å². The fourth-order valence-corrected chi connectivity index (χ4v) is 2.40. The van der Waals surface area contributed by atoms with Crippen LogP contribution in [0.15, 0.2) is 59.4 Å². The number of aromatic amines is 2. The Morgan fingerprint density at radius 1 is 0.909 bits per heavy atom. The highest BCUT2D eigenvalue weighted by Crippen LogP contribution is 2.32. The van der Waals surface area contributed by atoms with E-state index in [1.165, 1.54) is 18.2 Å². The summed E-state index contributed by atoms with van der Waals surface area (Å²) in [5, 5.41) is 5.35. The molecule has 0 aliphatic carbocycles. The number of aromatic nitrogens is 2. The summed E-state index contributed by atoms with van der Waals surface area (Å²) in [5.41, 5.74) is 1.75. The summed E-state index contributed by atoms with van der Waals surface area (Å²) in [5.74, 6) is -2.95. The molecular weight excluding hydrogens is 286 g/mol. The third-order valence-corrected chi connectivity index (χ3v) is 3.50. The first-order valence-corrected chi connectivity index (χ1v) is 6.81. The molecule has 0 aliphatic rings. The van der Waals surface area contributed by atoms with Crippen LogP contribution in [-0.2, 0) is 5.92 Å². The maximum absolute atomic E-state index is 13.5. The van der Waals surface area contributed by atoms with Gasteiger partial charge in [0.1, 0.15) is 0 Å². The van der Waals surface area contributed by atoms with Crippen LogP contribution in [0.1, 0.15) is 12.5 Å². The SMILES string of the molecule is CC(F)(F)c1cccc(-c2c(-c3ccccc3)[nH][nH]c2=O)c1. The topological polar surface area (TPSA) is 48.6 Å². The van der Waals surface area contributed by atoms with Crippen molar-refractivity contribution in [1.29, 1.82) is 0 Å². The van der Waals surface area contributed by atoms with E-state index in [1.807, 2.05) is 30.3 Å². The molecule has 0 aliphatic heterocycles. The van der Waals surface area contributed by atoms with Crippen molar-refractivity contribution in [2.75, 3.05) is 0 Å². The highest BCUT2D eigenvalue weighted by atomic mass is 19.3. The van der Waals surface area contributed by atoms with E-state index in [0.29, 0.717) is 16.8 Å². The molecule has 2 N–H and O–H groups in total. The number of hydrogen-bond donors (Lipinski definition) is 2. The molecule has 3 nitrogen and oxygen atoms in total. The van der Waals surface area contributed by atoms with Crippen molar-refractivity contribution in [3.05, 3.63) is 70.5 Å². The predicted octanol–water partition coefficient (Wildman–Crippen LogP) is 4.15. The molecular formula is C17H14F2N2O. The largest absolute Gasteiger partial charge is 0.297 e. The second-order valence-electron chi connectivity index (χ2n) is 5.16. The molecule has 0 bridgehead atoms. The van der Waals surface area contributed by atoms with Crippen LogP contribution in [0, 0.1) is 0 Å². The summed E-state index contributed by atoms with van der Waals surface area (Å²) in [7, 11) is 0. The molecule has 0 fully saturated rings. The molecule has 1 heterocycles. The summed E-state index contributed by atoms with van der Waals surface area (Å²) >= 11 is 0. The van der Waals surface area contributed by atoms with Gasteiger partial charge in [-0.25, -0.2) is 8.78 Å². The maximum atomic E-state index is 13.5. The zero-order chi connectivity index (χ0) is 15.7. The second kappa shape index (κ2) is 5.26. The summed E-state index contributed by atoms with van der Waals surface area (Å²) in [4.78, 5) is 12.1. The molecule has 0 radical (unpaired) electrons. The molecule has 1 aromatic heterocycles. The Hall–Kier alpha value is -2.69. The van der Waals surface area contributed by atoms with Gasteiger partial charge in [0.15, 0.2) is 0 Å². The van der Waals surface area contributed by atoms with E-state index >= 15 is 0 Å². The molecule has 22 heavy (non-hydrogen) atoms. The van der Waals surface area contributed by atoms with Crippen LogP contribution < -0.4 is 5.56 Å². The van der Waals surface area contributed by atoms with Crippen molar-refractivity contribution in [2.24, 2.45) is 0 Å². The average Bonchev–Trinajstić information content (AvgIpc) is 2.89. The highest BCUT2D eigenvalue weighted by molar-refractivity contribution is 5.80. The van der Waals surface area contributed by atoms with Crippen LogP contribution in [-0.4, -0.2) is 10.2 Å². The van der Waals surface area contributed by atoms with Crippen molar-refractivity contribution in [2.45, 2.75) is 12.8 Å². The summed E-state index contributed by atoms with van der Waals surface area (Å²) in [6.07, 6.45) is 0. The van der Waals surface area contributed by atoms with Gasteiger partial charge in [-0.1, -0.05) is 48.5 Å². The molecule has 0 saturated carbocycles.